The van der Waals surface area contributed by atoms with Gasteiger partial charge in [-0.05, 0) is 19.1 Å². The van der Waals surface area contributed by atoms with Crippen LogP contribution in [0.5, 0.6) is 0 Å². The third-order valence-corrected chi connectivity index (χ3v) is 3.68. The van der Waals surface area contributed by atoms with Crippen LogP contribution in [-0.2, 0) is 6.54 Å². The maximum Gasteiger partial charge on any atom is 0.109 e. The van der Waals surface area contributed by atoms with Crippen LogP contribution in [0, 0.1) is 0 Å². The van der Waals surface area contributed by atoms with Gasteiger partial charge in [0.1, 0.15) is 12.6 Å². The van der Waals surface area contributed by atoms with Gasteiger partial charge in [-0.25, -0.2) is 0 Å². The van der Waals surface area contributed by atoms with E-state index in [1.165, 1.54) is 16.5 Å². The van der Waals surface area contributed by atoms with Crippen molar-refractivity contribution in [2.24, 2.45) is 0 Å². The Morgan fingerprint density at radius 2 is 1.75 bits per heavy atom. The minimum atomic E-state index is 0.461. The first-order chi connectivity index (χ1) is 9.83. The monoisotopic (exact) mass is 263 g/mol. The number of pyridine rings is 1. The molecule has 1 aromatic heterocycles. The van der Waals surface area contributed by atoms with Crippen LogP contribution in [0.2, 0.25) is 0 Å². The lowest BCUT2D eigenvalue weighted by Crippen LogP contribution is -2.83. The first-order valence-electron chi connectivity index (χ1n) is 7.05. The SMILES string of the molecule is C[C@H]([NH2+]Cc1cnc2ccccc2c1)c1ccccc1. The summed E-state index contributed by atoms with van der Waals surface area (Å²) in [6, 6.07) is 21.6. The molecule has 0 unspecified atom stereocenters. The first-order valence-corrected chi connectivity index (χ1v) is 7.05. The van der Waals surface area contributed by atoms with Gasteiger partial charge in [-0.3, -0.25) is 4.98 Å². The van der Waals surface area contributed by atoms with Gasteiger partial charge >= 0.3 is 0 Å². The summed E-state index contributed by atoms with van der Waals surface area (Å²) in [4.78, 5) is 4.51. The molecule has 2 nitrogen and oxygen atoms in total. The molecule has 2 aromatic carbocycles. The van der Waals surface area contributed by atoms with Gasteiger partial charge in [0, 0.05) is 22.7 Å². The summed E-state index contributed by atoms with van der Waals surface area (Å²) >= 11 is 0. The van der Waals surface area contributed by atoms with E-state index in [2.05, 4.69) is 71.8 Å². The van der Waals surface area contributed by atoms with E-state index >= 15 is 0 Å². The Bertz CT molecular complexity index is 692. The summed E-state index contributed by atoms with van der Waals surface area (Å²) in [6.45, 7) is 3.19. The van der Waals surface area contributed by atoms with E-state index in [0.29, 0.717) is 6.04 Å². The van der Waals surface area contributed by atoms with Crippen LogP contribution in [0.15, 0.2) is 66.9 Å². The van der Waals surface area contributed by atoms with Gasteiger partial charge in [-0.2, -0.15) is 0 Å². The molecule has 0 radical (unpaired) electrons. The summed E-state index contributed by atoms with van der Waals surface area (Å²) < 4.78 is 0. The largest absolute Gasteiger partial charge is 0.336 e. The molecule has 1 atom stereocenters. The number of nitrogens with two attached hydrogens (primary N) is 1. The van der Waals surface area contributed by atoms with Gasteiger partial charge in [0.05, 0.1) is 5.52 Å². The van der Waals surface area contributed by atoms with Gasteiger partial charge < -0.3 is 5.32 Å². The quantitative estimate of drug-likeness (QED) is 0.770. The highest BCUT2D eigenvalue weighted by atomic mass is 14.9. The first kappa shape index (κ1) is 12.8. The molecule has 3 rings (SSSR count). The number of para-hydroxylation sites is 1. The normalized spacial score (nSPS) is 12.4. The van der Waals surface area contributed by atoms with Crippen molar-refractivity contribution < 1.29 is 5.32 Å². The zero-order valence-corrected chi connectivity index (χ0v) is 11.7. The number of rotatable bonds is 4. The number of fused-ring (bicyclic) bond motifs is 1. The number of aromatic nitrogens is 1. The Morgan fingerprint density at radius 1 is 1.00 bits per heavy atom. The summed E-state index contributed by atoms with van der Waals surface area (Å²) in [5.41, 5.74) is 3.69. The third kappa shape index (κ3) is 2.86. The molecule has 0 fully saturated rings. The Labute approximate surface area is 119 Å². The molecule has 0 amide bonds. The van der Waals surface area contributed by atoms with Crippen molar-refractivity contribution >= 4 is 10.9 Å². The maximum absolute atomic E-state index is 4.51. The fourth-order valence-electron chi connectivity index (χ4n) is 2.43. The molecule has 0 aliphatic carbocycles. The fourth-order valence-corrected chi connectivity index (χ4v) is 2.43. The van der Waals surface area contributed by atoms with E-state index in [0.717, 1.165) is 12.1 Å². The number of quaternary nitrogens is 1. The zero-order chi connectivity index (χ0) is 13.8. The van der Waals surface area contributed by atoms with Gasteiger partial charge in [0.15, 0.2) is 0 Å². The minimum absolute atomic E-state index is 0.461. The molecule has 0 bridgehead atoms. The highest BCUT2D eigenvalue weighted by Gasteiger charge is 2.08. The third-order valence-electron chi connectivity index (χ3n) is 3.68. The van der Waals surface area contributed by atoms with Crippen molar-refractivity contribution in [3.05, 3.63) is 78.0 Å². The average Bonchev–Trinajstić information content (AvgIpc) is 2.53. The summed E-state index contributed by atoms with van der Waals surface area (Å²) in [7, 11) is 0. The lowest BCUT2D eigenvalue weighted by atomic mass is 10.1. The van der Waals surface area contributed by atoms with Crippen LogP contribution in [0.1, 0.15) is 24.1 Å². The van der Waals surface area contributed by atoms with Gasteiger partial charge in [-0.1, -0.05) is 48.5 Å². The van der Waals surface area contributed by atoms with Crippen molar-refractivity contribution in [3.63, 3.8) is 0 Å². The smallest absolute Gasteiger partial charge is 0.109 e. The fraction of sp³-hybridized carbons (Fsp3) is 0.167. The molecule has 20 heavy (non-hydrogen) atoms. The molecule has 2 heteroatoms. The number of benzene rings is 2. The maximum atomic E-state index is 4.51. The van der Waals surface area contributed by atoms with Crippen molar-refractivity contribution in [2.45, 2.75) is 19.5 Å². The Kier molecular flexibility index (Phi) is 3.75. The van der Waals surface area contributed by atoms with E-state index in [-0.39, 0.29) is 0 Å². The average molecular weight is 263 g/mol. The molecule has 0 saturated carbocycles. The van der Waals surface area contributed by atoms with Crippen molar-refractivity contribution in [3.8, 4) is 0 Å². The number of hydrogen-bond acceptors (Lipinski definition) is 1. The lowest BCUT2D eigenvalue weighted by molar-refractivity contribution is -0.707. The predicted molar refractivity (Wildman–Crippen MR) is 82.2 cm³/mol. The molecule has 0 spiro atoms. The van der Waals surface area contributed by atoms with E-state index in [4.69, 9.17) is 0 Å². The number of hydrogen-bond donors (Lipinski definition) is 1. The van der Waals surface area contributed by atoms with Crippen molar-refractivity contribution in [1.82, 2.24) is 4.98 Å². The van der Waals surface area contributed by atoms with Gasteiger partial charge in [0.25, 0.3) is 0 Å². The van der Waals surface area contributed by atoms with E-state index in [9.17, 15) is 0 Å². The molecule has 1 heterocycles. The van der Waals surface area contributed by atoms with Crippen molar-refractivity contribution in [1.29, 1.82) is 0 Å². The van der Waals surface area contributed by atoms with Crippen LogP contribution in [-0.4, -0.2) is 4.98 Å². The van der Waals surface area contributed by atoms with E-state index in [1.807, 2.05) is 12.3 Å². The highest BCUT2D eigenvalue weighted by Crippen LogP contribution is 2.12. The minimum Gasteiger partial charge on any atom is -0.336 e. The summed E-state index contributed by atoms with van der Waals surface area (Å²) in [5, 5.41) is 3.56. The van der Waals surface area contributed by atoms with Gasteiger partial charge in [0.2, 0.25) is 0 Å². The van der Waals surface area contributed by atoms with Crippen LogP contribution in [0.4, 0.5) is 0 Å². The lowest BCUT2D eigenvalue weighted by Gasteiger charge is -2.11. The highest BCUT2D eigenvalue weighted by molar-refractivity contribution is 5.78. The molecule has 100 valence electrons. The van der Waals surface area contributed by atoms with Crippen LogP contribution in [0.3, 0.4) is 0 Å². The molecule has 0 saturated heterocycles. The van der Waals surface area contributed by atoms with E-state index in [1.54, 1.807) is 0 Å². The molecule has 2 N–H and O–H groups in total. The van der Waals surface area contributed by atoms with Crippen LogP contribution in [0.25, 0.3) is 10.9 Å². The Hall–Kier alpha value is -2.19. The molecular weight excluding hydrogens is 244 g/mol. The predicted octanol–water partition coefficient (Wildman–Crippen LogP) is 3.06. The Balaban J connectivity index is 1.70. The molecule has 0 aliphatic heterocycles. The van der Waals surface area contributed by atoms with Crippen LogP contribution < -0.4 is 5.32 Å². The van der Waals surface area contributed by atoms with Crippen LogP contribution >= 0.6 is 0 Å². The second-order valence-corrected chi connectivity index (χ2v) is 5.18. The Morgan fingerprint density at radius 3 is 2.60 bits per heavy atom. The molecular formula is C18H19N2+. The second-order valence-electron chi connectivity index (χ2n) is 5.18. The molecule has 0 aliphatic rings. The topological polar surface area (TPSA) is 29.5 Å². The van der Waals surface area contributed by atoms with E-state index < -0.39 is 0 Å². The standard InChI is InChI=1S/C18H18N2/c1-14(16-7-3-2-4-8-16)19-12-15-11-17-9-5-6-10-18(17)20-13-15/h2-11,13-14,19H,12H2,1H3/p+1/t14-/m0/s1. The zero-order valence-electron chi connectivity index (χ0n) is 11.7. The second kappa shape index (κ2) is 5.85. The molecule has 3 aromatic rings. The summed E-state index contributed by atoms with van der Waals surface area (Å²) in [5.74, 6) is 0. The number of nitrogens with zero attached hydrogens (tertiary/aromatic N) is 1. The summed E-state index contributed by atoms with van der Waals surface area (Å²) in [6.07, 6.45) is 1.98. The van der Waals surface area contributed by atoms with Crippen molar-refractivity contribution in [2.75, 3.05) is 0 Å². The van der Waals surface area contributed by atoms with Gasteiger partial charge in [-0.15, -0.1) is 0 Å².